The highest BCUT2D eigenvalue weighted by Crippen LogP contribution is 2.38. The molecule has 0 bridgehead atoms. The van der Waals surface area contributed by atoms with Gasteiger partial charge in [0, 0.05) is 23.0 Å². The van der Waals surface area contributed by atoms with E-state index in [2.05, 4.69) is 10.6 Å². The molecule has 8 nitrogen and oxygen atoms in total. The average molecular weight is 530 g/mol. The summed E-state index contributed by atoms with van der Waals surface area (Å²) in [4.78, 5) is 39.6. The minimum atomic E-state index is -0.752. The number of nitrogens with zero attached hydrogens (tertiary/aromatic N) is 1. The van der Waals surface area contributed by atoms with Crippen LogP contribution in [0.25, 0.3) is 0 Å². The number of ether oxygens (including phenoxy) is 2. The zero-order valence-corrected chi connectivity index (χ0v) is 20.4. The van der Waals surface area contributed by atoms with Crippen LogP contribution in [0, 0.1) is 5.82 Å². The highest BCUT2D eigenvalue weighted by atomic mass is 35.5. The Bertz CT molecular complexity index is 1430. The molecule has 3 amide bonds. The average Bonchev–Trinajstić information content (AvgIpc) is 3.08. The molecule has 0 saturated heterocycles. The van der Waals surface area contributed by atoms with Crippen molar-refractivity contribution in [3.63, 3.8) is 0 Å². The number of amides is 3. The third-order valence-corrected chi connectivity index (χ3v) is 5.87. The normalized spacial score (nSPS) is 13.2. The van der Waals surface area contributed by atoms with E-state index < -0.39 is 23.5 Å². The molecule has 11 heteroatoms. The number of carbonyl (C=O) groups excluding carboxylic acids is 3. The van der Waals surface area contributed by atoms with Crippen LogP contribution in [0.4, 0.5) is 21.5 Å². The van der Waals surface area contributed by atoms with Crippen LogP contribution in [-0.2, 0) is 9.59 Å². The van der Waals surface area contributed by atoms with Crippen LogP contribution >= 0.6 is 23.2 Å². The van der Waals surface area contributed by atoms with Gasteiger partial charge in [-0.3, -0.25) is 14.4 Å². The Kier molecular flexibility index (Phi) is 7.14. The number of methoxy groups -OCH3 is 2. The van der Waals surface area contributed by atoms with E-state index in [-0.39, 0.29) is 32.8 Å². The Morgan fingerprint density at radius 2 is 1.69 bits per heavy atom. The lowest BCUT2D eigenvalue weighted by Gasteiger charge is -2.19. The van der Waals surface area contributed by atoms with Gasteiger partial charge in [0.2, 0.25) is 0 Å². The summed E-state index contributed by atoms with van der Waals surface area (Å²) in [6.07, 6.45) is 0. The molecular formula is C25H18Cl2FN3O5. The van der Waals surface area contributed by atoms with Crippen molar-refractivity contribution in [3.8, 4) is 11.5 Å². The van der Waals surface area contributed by atoms with Gasteiger partial charge in [0.1, 0.15) is 28.0 Å². The lowest BCUT2D eigenvalue weighted by molar-refractivity contribution is -0.120. The predicted molar refractivity (Wildman–Crippen MR) is 134 cm³/mol. The standard InChI is InChI=1S/C25H18Cl2FN3O5/c1-35-16-7-9-20(36-2)19(12-16)31-24(33)21(27)22(25(31)34)29-14-5-3-4-13(10-14)23(32)30-15-6-8-18(28)17(26)11-15/h3-12,29H,1-2H3,(H,30,32). The van der Waals surface area contributed by atoms with E-state index in [0.717, 1.165) is 11.0 Å². The zero-order valence-electron chi connectivity index (χ0n) is 18.9. The lowest BCUT2D eigenvalue weighted by atomic mass is 10.1. The molecule has 0 radical (unpaired) electrons. The molecule has 1 aliphatic rings. The van der Waals surface area contributed by atoms with Crippen molar-refractivity contribution in [1.29, 1.82) is 0 Å². The molecule has 184 valence electrons. The van der Waals surface area contributed by atoms with Crippen LogP contribution in [0.2, 0.25) is 5.02 Å². The number of halogens is 3. The summed E-state index contributed by atoms with van der Waals surface area (Å²) in [7, 11) is 2.85. The summed E-state index contributed by atoms with van der Waals surface area (Å²) in [5.74, 6) is -1.90. The Labute approximate surface area is 215 Å². The first-order chi connectivity index (χ1) is 17.2. The first-order valence-corrected chi connectivity index (χ1v) is 11.1. The van der Waals surface area contributed by atoms with E-state index in [1.807, 2.05) is 0 Å². The molecule has 2 N–H and O–H groups in total. The van der Waals surface area contributed by atoms with Gasteiger partial charge in [-0.1, -0.05) is 29.3 Å². The molecular weight excluding hydrogens is 512 g/mol. The van der Waals surface area contributed by atoms with Crippen molar-refractivity contribution in [2.24, 2.45) is 0 Å². The molecule has 1 aliphatic heterocycles. The van der Waals surface area contributed by atoms with Crippen LogP contribution < -0.4 is 25.0 Å². The van der Waals surface area contributed by atoms with E-state index in [1.165, 1.54) is 44.6 Å². The lowest BCUT2D eigenvalue weighted by Crippen LogP contribution is -2.32. The Morgan fingerprint density at radius 1 is 0.917 bits per heavy atom. The van der Waals surface area contributed by atoms with Gasteiger partial charge in [0.25, 0.3) is 17.7 Å². The van der Waals surface area contributed by atoms with Crippen LogP contribution in [0.1, 0.15) is 10.4 Å². The number of nitrogens with one attached hydrogen (secondary N) is 2. The monoisotopic (exact) mass is 529 g/mol. The molecule has 0 fully saturated rings. The molecule has 1 heterocycles. The summed E-state index contributed by atoms with van der Waals surface area (Å²) in [5.41, 5.74) is 0.839. The van der Waals surface area contributed by atoms with Crippen LogP contribution in [0.3, 0.4) is 0 Å². The van der Waals surface area contributed by atoms with Crippen molar-refractivity contribution in [1.82, 2.24) is 0 Å². The molecule has 0 unspecified atom stereocenters. The van der Waals surface area contributed by atoms with Crippen LogP contribution in [0.5, 0.6) is 11.5 Å². The second-order valence-corrected chi connectivity index (χ2v) is 8.25. The number of hydrogen-bond acceptors (Lipinski definition) is 6. The Morgan fingerprint density at radius 3 is 2.39 bits per heavy atom. The maximum Gasteiger partial charge on any atom is 0.283 e. The van der Waals surface area contributed by atoms with Crippen molar-refractivity contribution in [3.05, 3.63) is 87.8 Å². The van der Waals surface area contributed by atoms with E-state index in [9.17, 15) is 18.8 Å². The fourth-order valence-corrected chi connectivity index (χ4v) is 3.85. The third kappa shape index (κ3) is 4.84. The second kappa shape index (κ2) is 10.3. The Hall–Kier alpha value is -4.08. The SMILES string of the molecule is COc1ccc(OC)c(N2C(=O)C(Cl)=C(Nc3cccc(C(=O)Nc4ccc(F)c(Cl)c4)c3)C2=O)c1. The van der Waals surface area contributed by atoms with Crippen LogP contribution in [-0.4, -0.2) is 31.9 Å². The summed E-state index contributed by atoms with van der Waals surface area (Å²) in [6.45, 7) is 0. The van der Waals surface area contributed by atoms with E-state index >= 15 is 0 Å². The molecule has 0 atom stereocenters. The minimum absolute atomic E-state index is 0.133. The van der Waals surface area contributed by atoms with Gasteiger partial charge in [-0.2, -0.15) is 0 Å². The Balaban J connectivity index is 1.57. The highest BCUT2D eigenvalue weighted by molar-refractivity contribution is 6.53. The molecule has 0 saturated carbocycles. The molecule has 36 heavy (non-hydrogen) atoms. The van der Waals surface area contributed by atoms with Crippen LogP contribution in [0.15, 0.2) is 71.4 Å². The molecule has 0 aliphatic carbocycles. The predicted octanol–water partition coefficient (Wildman–Crippen LogP) is 5.18. The minimum Gasteiger partial charge on any atom is -0.497 e. The molecule has 0 spiro atoms. The maximum atomic E-state index is 13.4. The number of carbonyl (C=O) groups is 3. The maximum absolute atomic E-state index is 13.4. The number of rotatable bonds is 7. The second-order valence-electron chi connectivity index (χ2n) is 7.46. The molecule has 3 aromatic carbocycles. The van der Waals surface area contributed by atoms with Gasteiger partial charge < -0.3 is 20.1 Å². The third-order valence-electron chi connectivity index (χ3n) is 5.23. The quantitative estimate of drug-likeness (QED) is 0.409. The number of imide groups is 1. The fourth-order valence-electron chi connectivity index (χ4n) is 3.46. The van der Waals surface area contributed by atoms with Crippen molar-refractivity contribution < 1.29 is 28.2 Å². The number of anilines is 3. The highest BCUT2D eigenvalue weighted by Gasteiger charge is 2.40. The summed E-state index contributed by atoms with van der Waals surface area (Å²) >= 11 is 12.0. The van der Waals surface area contributed by atoms with E-state index in [1.54, 1.807) is 24.3 Å². The van der Waals surface area contributed by atoms with Gasteiger partial charge in [-0.05, 0) is 48.5 Å². The largest absolute Gasteiger partial charge is 0.497 e. The summed E-state index contributed by atoms with van der Waals surface area (Å²) in [6, 6.07) is 14.6. The van der Waals surface area contributed by atoms with Crippen molar-refractivity contribution >= 4 is 58.0 Å². The summed E-state index contributed by atoms with van der Waals surface area (Å²) in [5, 5.41) is 4.97. The van der Waals surface area contributed by atoms with Crippen molar-refractivity contribution in [2.45, 2.75) is 0 Å². The first kappa shape index (κ1) is 25.0. The molecule has 4 rings (SSSR count). The fraction of sp³-hybridized carbons (Fsp3) is 0.0800. The smallest absolute Gasteiger partial charge is 0.283 e. The number of benzene rings is 3. The van der Waals surface area contributed by atoms with Gasteiger partial charge in [0.15, 0.2) is 0 Å². The molecule has 0 aromatic heterocycles. The topological polar surface area (TPSA) is 97.0 Å². The summed E-state index contributed by atoms with van der Waals surface area (Å²) < 4.78 is 23.9. The van der Waals surface area contributed by atoms with E-state index in [0.29, 0.717) is 17.1 Å². The van der Waals surface area contributed by atoms with E-state index in [4.69, 9.17) is 32.7 Å². The van der Waals surface area contributed by atoms with Gasteiger partial charge >= 0.3 is 0 Å². The first-order valence-electron chi connectivity index (χ1n) is 10.4. The van der Waals surface area contributed by atoms with Gasteiger partial charge in [0.05, 0.1) is 24.9 Å². The van der Waals surface area contributed by atoms with Gasteiger partial charge in [-0.25, -0.2) is 9.29 Å². The van der Waals surface area contributed by atoms with Gasteiger partial charge in [-0.15, -0.1) is 0 Å². The molecule has 3 aromatic rings. The zero-order chi connectivity index (χ0) is 26.0. The van der Waals surface area contributed by atoms with Crippen molar-refractivity contribution in [2.75, 3.05) is 29.8 Å². The number of hydrogen-bond donors (Lipinski definition) is 2.